The van der Waals surface area contributed by atoms with Crippen LogP contribution in [0.3, 0.4) is 0 Å². The summed E-state index contributed by atoms with van der Waals surface area (Å²) in [4.78, 5) is 12.0. The maximum Gasteiger partial charge on any atom is 0.275 e. The van der Waals surface area contributed by atoms with Crippen LogP contribution in [-0.2, 0) is 11.8 Å². The molecule has 0 aliphatic rings. The number of phenols is 1. The molecule has 4 heteroatoms. The van der Waals surface area contributed by atoms with Crippen molar-refractivity contribution in [1.29, 1.82) is 0 Å². The number of carbonyl (C=O) groups is 1. The summed E-state index contributed by atoms with van der Waals surface area (Å²) < 4.78 is 0. The Morgan fingerprint density at radius 2 is 1.80 bits per heavy atom. The maximum atomic E-state index is 12.0. The number of hydrazone groups is 1. The lowest BCUT2D eigenvalue weighted by molar-refractivity contribution is 0.0952. The van der Waals surface area contributed by atoms with Gasteiger partial charge in [0.15, 0.2) is 0 Å². The molecule has 2 rings (SSSR count). The lowest BCUT2D eigenvalue weighted by atomic mass is 9.86. The van der Waals surface area contributed by atoms with E-state index in [1.807, 2.05) is 6.92 Å². The molecule has 0 spiro atoms. The van der Waals surface area contributed by atoms with Gasteiger partial charge in [0.05, 0.1) is 5.56 Å². The highest BCUT2D eigenvalue weighted by molar-refractivity contribution is 5.96. The number of hydrogen-bond donors (Lipinski definition) is 2. The first-order valence-electron chi connectivity index (χ1n) is 8.48. The third kappa shape index (κ3) is 5.45. The number of benzene rings is 2. The van der Waals surface area contributed by atoms with E-state index in [0.717, 1.165) is 6.42 Å². The van der Waals surface area contributed by atoms with Crippen LogP contribution in [0.25, 0.3) is 0 Å². The maximum absolute atomic E-state index is 12.0. The summed E-state index contributed by atoms with van der Waals surface area (Å²) >= 11 is 0. The first kappa shape index (κ1) is 18.7. The number of hydrogen-bond acceptors (Lipinski definition) is 3. The first-order chi connectivity index (χ1) is 11.8. The third-order valence-corrected chi connectivity index (χ3v) is 4.02. The third-order valence-electron chi connectivity index (χ3n) is 4.02. The number of nitrogens with one attached hydrogen (secondary N) is 1. The SMILES string of the molecule is CC(C=NNC(=O)c1ccccc1O)Cc1ccc(C(C)(C)C)cc1. The van der Waals surface area contributed by atoms with Gasteiger partial charge in [0.1, 0.15) is 5.75 Å². The molecule has 2 N–H and O–H groups in total. The second kappa shape index (κ2) is 7.97. The first-order valence-corrected chi connectivity index (χ1v) is 8.48. The van der Waals surface area contributed by atoms with E-state index in [-0.39, 0.29) is 22.6 Å². The van der Waals surface area contributed by atoms with E-state index in [1.54, 1.807) is 24.4 Å². The number of phenolic OH excluding ortho intramolecular Hbond substituents is 1. The van der Waals surface area contributed by atoms with E-state index in [2.05, 4.69) is 55.6 Å². The lowest BCUT2D eigenvalue weighted by Crippen LogP contribution is -2.18. The number of nitrogens with zero attached hydrogens (tertiary/aromatic N) is 1. The predicted molar refractivity (Wildman–Crippen MR) is 102 cm³/mol. The van der Waals surface area contributed by atoms with E-state index >= 15 is 0 Å². The molecule has 1 atom stereocenters. The van der Waals surface area contributed by atoms with E-state index < -0.39 is 5.91 Å². The normalized spacial score (nSPS) is 13.0. The molecule has 1 unspecified atom stereocenters. The van der Waals surface area contributed by atoms with Crippen LogP contribution in [0.2, 0.25) is 0 Å². The molecule has 0 radical (unpaired) electrons. The molecule has 132 valence electrons. The Morgan fingerprint density at radius 3 is 2.40 bits per heavy atom. The summed E-state index contributed by atoms with van der Waals surface area (Å²) in [5.41, 5.74) is 5.37. The fourth-order valence-electron chi connectivity index (χ4n) is 2.51. The minimum absolute atomic E-state index is 0.0535. The van der Waals surface area contributed by atoms with Crippen LogP contribution in [0.15, 0.2) is 53.6 Å². The Labute approximate surface area is 149 Å². The Balaban J connectivity index is 1.89. The van der Waals surface area contributed by atoms with E-state index in [9.17, 15) is 9.90 Å². The fraction of sp³-hybridized carbons (Fsp3) is 0.333. The van der Waals surface area contributed by atoms with Crippen molar-refractivity contribution in [1.82, 2.24) is 5.43 Å². The van der Waals surface area contributed by atoms with Gasteiger partial charge in [-0.3, -0.25) is 4.79 Å². The van der Waals surface area contributed by atoms with Crippen LogP contribution in [0.5, 0.6) is 5.75 Å². The smallest absolute Gasteiger partial charge is 0.275 e. The van der Waals surface area contributed by atoms with Gasteiger partial charge in [-0.15, -0.1) is 0 Å². The predicted octanol–water partition coefficient (Wildman–Crippen LogP) is 4.28. The van der Waals surface area contributed by atoms with Crippen molar-refractivity contribution in [3.63, 3.8) is 0 Å². The zero-order valence-electron chi connectivity index (χ0n) is 15.3. The molecule has 4 nitrogen and oxygen atoms in total. The largest absolute Gasteiger partial charge is 0.507 e. The molecule has 0 fully saturated rings. The van der Waals surface area contributed by atoms with E-state index in [0.29, 0.717) is 0 Å². The Morgan fingerprint density at radius 1 is 1.16 bits per heavy atom. The monoisotopic (exact) mass is 338 g/mol. The van der Waals surface area contributed by atoms with Crippen LogP contribution in [-0.4, -0.2) is 17.2 Å². The van der Waals surface area contributed by atoms with Gasteiger partial charge in [-0.1, -0.05) is 64.1 Å². The van der Waals surface area contributed by atoms with Crippen molar-refractivity contribution >= 4 is 12.1 Å². The summed E-state index contributed by atoms with van der Waals surface area (Å²) in [7, 11) is 0. The van der Waals surface area contributed by atoms with Crippen molar-refractivity contribution < 1.29 is 9.90 Å². The summed E-state index contributed by atoms with van der Waals surface area (Å²) in [6, 6.07) is 15.0. The number of rotatable bonds is 5. The molecule has 0 aromatic heterocycles. The van der Waals surface area contributed by atoms with Gasteiger partial charge in [-0.2, -0.15) is 5.10 Å². The summed E-state index contributed by atoms with van der Waals surface area (Å²) in [5, 5.41) is 13.7. The minimum Gasteiger partial charge on any atom is -0.507 e. The average molecular weight is 338 g/mol. The van der Waals surface area contributed by atoms with Crippen molar-refractivity contribution in [2.24, 2.45) is 11.0 Å². The Bertz CT molecular complexity index is 743. The molecule has 0 aliphatic carbocycles. The van der Waals surface area contributed by atoms with Gasteiger partial charge in [0, 0.05) is 6.21 Å². The van der Waals surface area contributed by atoms with Crippen molar-refractivity contribution in [3.8, 4) is 5.75 Å². The highest BCUT2D eigenvalue weighted by Crippen LogP contribution is 2.22. The van der Waals surface area contributed by atoms with Gasteiger partial charge < -0.3 is 5.11 Å². The molecule has 0 saturated heterocycles. The van der Waals surface area contributed by atoms with Crippen LogP contribution in [0, 0.1) is 5.92 Å². The standard InChI is InChI=1S/C21H26N2O2/c1-15(13-16-9-11-17(12-10-16)21(2,3)4)14-22-23-20(25)18-7-5-6-8-19(18)24/h5-12,14-15,24H,13H2,1-4H3,(H,23,25). The summed E-state index contributed by atoms with van der Waals surface area (Å²) in [6.07, 6.45) is 2.57. The van der Waals surface area contributed by atoms with Gasteiger partial charge in [-0.25, -0.2) is 5.43 Å². The number of amides is 1. The zero-order valence-corrected chi connectivity index (χ0v) is 15.3. The van der Waals surface area contributed by atoms with E-state index in [4.69, 9.17) is 0 Å². The zero-order chi connectivity index (χ0) is 18.4. The van der Waals surface area contributed by atoms with Gasteiger partial charge in [0.25, 0.3) is 5.91 Å². The highest BCUT2D eigenvalue weighted by atomic mass is 16.3. The van der Waals surface area contributed by atoms with Crippen LogP contribution in [0.1, 0.15) is 49.2 Å². The van der Waals surface area contributed by atoms with Gasteiger partial charge in [-0.05, 0) is 41.0 Å². The quantitative estimate of drug-likeness (QED) is 0.631. The van der Waals surface area contributed by atoms with Gasteiger partial charge in [0.2, 0.25) is 0 Å². The molecule has 2 aromatic carbocycles. The topological polar surface area (TPSA) is 61.7 Å². The van der Waals surface area contributed by atoms with Crippen LogP contribution < -0.4 is 5.43 Å². The molecular formula is C21H26N2O2. The van der Waals surface area contributed by atoms with Crippen molar-refractivity contribution in [2.45, 2.75) is 39.5 Å². The Hall–Kier alpha value is -2.62. The van der Waals surface area contributed by atoms with Crippen molar-refractivity contribution in [2.75, 3.05) is 0 Å². The number of para-hydroxylation sites is 1. The Kier molecular flexibility index (Phi) is 5.97. The van der Waals surface area contributed by atoms with E-state index in [1.165, 1.54) is 17.2 Å². The summed E-state index contributed by atoms with van der Waals surface area (Å²) in [6.45, 7) is 8.65. The second-order valence-electron chi connectivity index (χ2n) is 7.36. The van der Waals surface area contributed by atoms with Crippen LogP contribution >= 0.6 is 0 Å². The highest BCUT2D eigenvalue weighted by Gasteiger charge is 2.13. The molecule has 0 heterocycles. The molecule has 2 aromatic rings. The second-order valence-corrected chi connectivity index (χ2v) is 7.36. The number of carbonyl (C=O) groups excluding carboxylic acids is 1. The molecule has 0 aliphatic heterocycles. The molecular weight excluding hydrogens is 312 g/mol. The number of aromatic hydroxyl groups is 1. The summed E-state index contributed by atoms with van der Waals surface area (Å²) in [5.74, 6) is -0.288. The molecule has 25 heavy (non-hydrogen) atoms. The lowest BCUT2D eigenvalue weighted by Gasteiger charge is -2.19. The molecule has 0 bridgehead atoms. The van der Waals surface area contributed by atoms with Crippen LogP contribution in [0.4, 0.5) is 0 Å². The molecule has 1 amide bonds. The molecule has 0 saturated carbocycles. The van der Waals surface area contributed by atoms with Crippen molar-refractivity contribution in [3.05, 3.63) is 65.2 Å². The fourth-order valence-corrected chi connectivity index (χ4v) is 2.51. The average Bonchev–Trinajstić information content (AvgIpc) is 2.54. The minimum atomic E-state index is -0.420. The van der Waals surface area contributed by atoms with Gasteiger partial charge >= 0.3 is 0 Å².